The molecular weight excluding hydrogens is 706 g/mol. The Morgan fingerprint density at radius 1 is 1.00 bits per heavy atom. The second-order valence-corrected chi connectivity index (χ2v) is 14.5. The molecule has 0 radical (unpaired) electrons. The Morgan fingerprint density at radius 2 is 1.75 bits per heavy atom. The summed E-state index contributed by atoms with van der Waals surface area (Å²) in [6, 6.07) is 13.4. The monoisotopic (exact) mass is 742 g/mol. The Hall–Kier alpha value is -5.21. The van der Waals surface area contributed by atoms with Crippen molar-refractivity contribution in [1.29, 1.82) is 0 Å². The van der Waals surface area contributed by atoms with Crippen molar-refractivity contribution in [3.63, 3.8) is 0 Å². The molecule has 53 heavy (non-hydrogen) atoms. The van der Waals surface area contributed by atoms with Gasteiger partial charge in [0.1, 0.15) is 11.2 Å². The topological polar surface area (TPSA) is 136 Å². The van der Waals surface area contributed by atoms with Crippen LogP contribution in [0.3, 0.4) is 0 Å². The smallest absolute Gasteiger partial charge is 0.332 e. The fourth-order valence-corrected chi connectivity index (χ4v) is 8.61. The lowest BCUT2D eigenvalue weighted by atomic mass is 9.96. The van der Waals surface area contributed by atoms with Gasteiger partial charge in [0.25, 0.3) is 12.0 Å². The first-order valence-electron chi connectivity index (χ1n) is 17.4. The number of amides is 1. The minimum absolute atomic E-state index is 0.0998. The van der Waals surface area contributed by atoms with Crippen molar-refractivity contribution in [2.24, 2.45) is 14.1 Å². The van der Waals surface area contributed by atoms with E-state index in [9.17, 15) is 23.2 Å². The van der Waals surface area contributed by atoms with E-state index in [1.807, 2.05) is 31.2 Å². The maximum atomic E-state index is 13.9. The number of alkyl halides is 2. The quantitative estimate of drug-likeness (QED) is 0.214. The first-order chi connectivity index (χ1) is 25.4. The second-order valence-electron chi connectivity index (χ2n) is 14.1. The summed E-state index contributed by atoms with van der Waals surface area (Å²) in [6.45, 7) is 3.56. The molecule has 0 saturated carbocycles. The van der Waals surface area contributed by atoms with E-state index in [2.05, 4.69) is 31.6 Å². The minimum atomic E-state index is -3.04. The molecule has 15 heteroatoms. The zero-order chi connectivity index (χ0) is 37.3. The maximum absolute atomic E-state index is 13.9. The first kappa shape index (κ1) is 34.9. The van der Waals surface area contributed by atoms with Gasteiger partial charge >= 0.3 is 5.69 Å². The van der Waals surface area contributed by atoms with E-state index in [-0.39, 0.29) is 34.3 Å². The SMILES string of the molecule is COc1nc(-c2cccc(-c3cccc(Nc4nc(C(F)F)nc5c4c(=O)n(C)c(=O)n5C)c3C)c2Cl)cc2c1[C@H](N1CC[C@@]3(CCC(=O)N3)C1)CC2. The Kier molecular flexibility index (Phi) is 8.56. The highest BCUT2D eigenvalue weighted by molar-refractivity contribution is 6.36. The van der Waals surface area contributed by atoms with E-state index < -0.39 is 23.5 Å². The van der Waals surface area contributed by atoms with E-state index >= 15 is 0 Å². The van der Waals surface area contributed by atoms with Crippen molar-refractivity contribution < 1.29 is 18.3 Å². The van der Waals surface area contributed by atoms with Crippen molar-refractivity contribution in [3.8, 4) is 28.3 Å². The molecule has 3 aromatic heterocycles. The molecule has 0 bridgehead atoms. The van der Waals surface area contributed by atoms with Gasteiger partial charge in [0.05, 0.1) is 23.4 Å². The number of nitrogens with one attached hydrogen (secondary N) is 2. The molecule has 1 aliphatic carbocycles. The van der Waals surface area contributed by atoms with Gasteiger partial charge in [-0.1, -0.05) is 41.9 Å². The summed E-state index contributed by atoms with van der Waals surface area (Å²) in [6.07, 6.45) is 1.12. The van der Waals surface area contributed by atoms with Crippen LogP contribution in [0.5, 0.6) is 5.88 Å². The maximum Gasteiger partial charge on any atom is 0.332 e. The van der Waals surface area contributed by atoms with Crippen LogP contribution in [0.2, 0.25) is 5.02 Å². The van der Waals surface area contributed by atoms with Gasteiger partial charge in [-0.15, -0.1) is 0 Å². The lowest BCUT2D eigenvalue weighted by Gasteiger charge is -2.28. The van der Waals surface area contributed by atoms with Crippen molar-refractivity contribution in [3.05, 3.63) is 90.8 Å². The van der Waals surface area contributed by atoms with Crippen molar-refractivity contribution >= 4 is 40.0 Å². The van der Waals surface area contributed by atoms with Crippen molar-refractivity contribution in [2.45, 2.75) is 57.0 Å². The number of fused-ring (bicyclic) bond motifs is 2. The summed E-state index contributed by atoms with van der Waals surface area (Å²) in [5.74, 6) is -0.275. The van der Waals surface area contributed by atoms with Crippen LogP contribution < -0.4 is 26.6 Å². The summed E-state index contributed by atoms with van der Waals surface area (Å²) in [5, 5.41) is 6.67. The number of nitrogens with zero attached hydrogens (tertiary/aromatic N) is 6. The largest absolute Gasteiger partial charge is 0.481 e. The Bertz CT molecular complexity index is 2470. The van der Waals surface area contributed by atoms with E-state index in [1.165, 1.54) is 14.1 Å². The Balaban J connectivity index is 1.15. The number of pyridine rings is 1. The van der Waals surface area contributed by atoms with Gasteiger partial charge in [0.2, 0.25) is 11.8 Å². The average Bonchev–Trinajstić information content (AvgIpc) is 3.87. The number of aromatic nitrogens is 5. The Labute approximate surface area is 307 Å². The van der Waals surface area contributed by atoms with Gasteiger partial charge in [-0.3, -0.25) is 23.6 Å². The normalized spacial score (nSPS) is 19.8. The highest BCUT2D eigenvalue weighted by atomic mass is 35.5. The van der Waals surface area contributed by atoms with Crippen LogP contribution in [0.1, 0.15) is 60.7 Å². The highest BCUT2D eigenvalue weighted by Crippen LogP contribution is 2.47. The number of methoxy groups -OCH3 is 1. The zero-order valence-corrected chi connectivity index (χ0v) is 30.4. The van der Waals surface area contributed by atoms with Crippen LogP contribution >= 0.6 is 11.6 Å². The number of carbonyl (C=O) groups excluding carboxylic acids is 1. The number of likely N-dealkylation sites (tertiary alicyclic amines) is 1. The predicted octanol–water partition coefficient (Wildman–Crippen LogP) is 5.75. The number of aryl methyl sites for hydroxylation is 2. The van der Waals surface area contributed by atoms with Crippen LogP contribution in [0, 0.1) is 6.92 Å². The average molecular weight is 743 g/mol. The molecule has 8 rings (SSSR count). The van der Waals surface area contributed by atoms with Gasteiger partial charge in [0.15, 0.2) is 11.5 Å². The number of hydrogen-bond acceptors (Lipinski definition) is 9. The molecule has 2 aromatic carbocycles. The molecule has 2 saturated heterocycles. The molecule has 2 N–H and O–H groups in total. The second kappa shape index (κ2) is 13.0. The third-order valence-electron chi connectivity index (χ3n) is 11.0. The van der Waals surface area contributed by atoms with Crippen molar-refractivity contribution in [1.82, 2.24) is 34.3 Å². The molecule has 2 fully saturated rings. The van der Waals surface area contributed by atoms with Crippen LogP contribution in [0.15, 0.2) is 52.1 Å². The van der Waals surface area contributed by atoms with Gasteiger partial charge in [-0.25, -0.2) is 28.5 Å². The summed E-state index contributed by atoms with van der Waals surface area (Å²) in [7, 11) is 4.30. The fourth-order valence-electron chi connectivity index (χ4n) is 8.28. The van der Waals surface area contributed by atoms with E-state index in [1.54, 1.807) is 19.2 Å². The molecule has 3 aliphatic rings. The van der Waals surface area contributed by atoms with E-state index in [0.717, 1.165) is 64.6 Å². The zero-order valence-electron chi connectivity index (χ0n) is 29.6. The summed E-state index contributed by atoms with van der Waals surface area (Å²) in [5.41, 5.74) is 4.53. The van der Waals surface area contributed by atoms with Crippen LogP contribution in [0.4, 0.5) is 20.3 Å². The number of anilines is 2. The minimum Gasteiger partial charge on any atom is -0.481 e. The molecule has 2 atom stereocenters. The molecule has 1 amide bonds. The van der Waals surface area contributed by atoms with Gasteiger partial charge in [0, 0.05) is 62.0 Å². The van der Waals surface area contributed by atoms with Gasteiger partial charge < -0.3 is 15.4 Å². The third-order valence-corrected chi connectivity index (χ3v) is 11.5. The number of rotatable bonds is 7. The summed E-state index contributed by atoms with van der Waals surface area (Å²) in [4.78, 5) is 53.2. The fraction of sp³-hybridized carbons (Fsp3) is 0.368. The van der Waals surface area contributed by atoms with Crippen LogP contribution in [-0.4, -0.2) is 60.6 Å². The summed E-state index contributed by atoms with van der Waals surface area (Å²) < 4.78 is 35.7. The molecule has 5 heterocycles. The Morgan fingerprint density at radius 3 is 2.49 bits per heavy atom. The number of carbonyl (C=O) groups is 1. The molecule has 274 valence electrons. The number of ether oxygens (including phenoxy) is 1. The standard InChI is InChI=1S/C38H37ClF2N8O4/c1-19-21(7-6-10-24(19)42-32-29-34(45-33(44-32)31(40)41)47(2)37(52)48(3)36(29)51)22-8-5-9-23(30(22)39)25-17-20-11-12-26(28(20)35(43-25)53-4)49-16-15-38(18-49)14-13-27(50)46-38/h5-10,17,26,31H,11-16,18H2,1-4H3,(H,46,50)(H,42,44,45)/t26-,38+/m1/s1. The van der Waals surface area contributed by atoms with Gasteiger partial charge in [-0.2, -0.15) is 0 Å². The van der Waals surface area contributed by atoms with Crippen LogP contribution in [0.25, 0.3) is 33.4 Å². The van der Waals surface area contributed by atoms with Crippen molar-refractivity contribution in [2.75, 3.05) is 25.5 Å². The molecule has 12 nitrogen and oxygen atoms in total. The third kappa shape index (κ3) is 5.75. The summed E-state index contributed by atoms with van der Waals surface area (Å²) >= 11 is 7.20. The lowest BCUT2D eigenvalue weighted by Crippen LogP contribution is -2.44. The van der Waals surface area contributed by atoms with E-state index in [0.29, 0.717) is 45.4 Å². The number of benzene rings is 2. The molecule has 5 aromatic rings. The lowest BCUT2D eigenvalue weighted by molar-refractivity contribution is -0.119. The van der Waals surface area contributed by atoms with Crippen LogP contribution in [-0.2, 0) is 25.3 Å². The predicted molar refractivity (Wildman–Crippen MR) is 197 cm³/mol. The van der Waals surface area contributed by atoms with E-state index in [4.69, 9.17) is 21.3 Å². The number of halogens is 3. The first-order valence-corrected chi connectivity index (χ1v) is 17.8. The highest BCUT2D eigenvalue weighted by Gasteiger charge is 2.46. The van der Waals surface area contributed by atoms with Gasteiger partial charge in [-0.05, 0) is 61.4 Å². The molecule has 0 unspecified atom stereocenters. The number of hydrogen-bond donors (Lipinski definition) is 2. The molecular formula is C38H37ClF2N8O4. The molecule has 2 aliphatic heterocycles. The molecule has 1 spiro atoms.